The summed E-state index contributed by atoms with van der Waals surface area (Å²) in [5.74, 6) is 1.44. The molecule has 1 fully saturated rings. The molecule has 0 spiro atoms. The molecule has 0 amide bonds. The summed E-state index contributed by atoms with van der Waals surface area (Å²) < 4.78 is 11.3. The van der Waals surface area contributed by atoms with E-state index in [1.807, 2.05) is 0 Å². The molecule has 0 bridgehead atoms. The Morgan fingerprint density at radius 3 is 2.60 bits per heavy atom. The van der Waals surface area contributed by atoms with Gasteiger partial charge in [0.15, 0.2) is 5.79 Å². The number of hydrogen-bond donors (Lipinski definition) is 0. The molecule has 2 heteroatoms. The third-order valence-electron chi connectivity index (χ3n) is 4.68. The highest BCUT2D eigenvalue weighted by molar-refractivity contribution is 5.35. The number of rotatable bonds is 2. The fraction of sp³-hybridized carbons (Fsp3) is 0.692. The lowest BCUT2D eigenvalue weighted by atomic mass is 9.82. The van der Waals surface area contributed by atoms with E-state index in [4.69, 9.17) is 9.47 Å². The van der Waals surface area contributed by atoms with Crippen LogP contribution in [0.5, 0.6) is 0 Å². The van der Waals surface area contributed by atoms with Gasteiger partial charge in [-0.05, 0) is 18.3 Å². The van der Waals surface area contributed by atoms with Gasteiger partial charge < -0.3 is 9.47 Å². The number of methoxy groups -OCH3 is 2. The first-order chi connectivity index (χ1) is 7.19. The number of allylic oxidation sites excluding steroid dienone is 3. The predicted octanol–water partition coefficient (Wildman–Crippen LogP) is 2.37. The van der Waals surface area contributed by atoms with Crippen LogP contribution in [0.4, 0.5) is 0 Å². The summed E-state index contributed by atoms with van der Waals surface area (Å²) in [5, 5.41) is 0. The van der Waals surface area contributed by atoms with Crippen LogP contribution in [-0.4, -0.2) is 20.0 Å². The second kappa shape index (κ2) is 2.74. The van der Waals surface area contributed by atoms with Gasteiger partial charge in [0.1, 0.15) is 0 Å². The highest BCUT2D eigenvalue weighted by Gasteiger charge is 2.78. The molecule has 3 aliphatic carbocycles. The molecule has 1 saturated carbocycles. The third-order valence-corrected chi connectivity index (χ3v) is 4.68. The molecule has 0 unspecified atom stereocenters. The van der Waals surface area contributed by atoms with Gasteiger partial charge in [0, 0.05) is 25.6 Å². The first kappa shape index (κ1) is 9.61. The maximum Gasteiger partial charge on any atom is 0.180 e. The normalized spacial score (nSPS) is 48.9. The van der Waals surface area contributed by atoms with E-state index in [1.54, 1.807) is 14.2 Å². The molecular formula is C13H18O2. The fourth-order valence-electron chi connectivity index (χ4n) is 3.90. The lowest BCUT2D eigenvalue weighted by Crippen LogP contribution is -2.23. The predicted molar refractivity (Wildman–Crippen MR) is 58.2 cm³/mol. The first-order valence-corrected chi connectivity index (χ1v) is 5.66. The van der Waals surface area contributed by atoms with Crippen LogP contribution in [0, 0.1) is 23.2 Å². The van der Waals surface area contributed by atoms with Crippen molar-refractivity contribution in [3.8, 4) is 0 Å². The summed E-state index contributed by atoms with van der Waals surface area (Å²) in [7, 11) is 3.52. The Bertz CT molecular complexity index is 340. The van der Waals surface area contributed by atoms with E-state index in [2.05, 4.69) is 31.2 Å². The maximum absolute atomic E-state index is 5.65. The van der Waals surface area contributed by atoms with Crippen molar-refractivity contribution >= 4 is 0 Å². The Morgan fingerprint density at radius 1 is 1.20 bits per heavy atom. The van der Waals surface area contributed by atoms with Gasteiger partial charge in [-0.3, -0.25) is 0 Å². The lowest BCUT2D eigenvalue weighted by Gasteiger charge is -2.21. The van der Waals surface area contributed by atoms with Gasteiger partial charge in [-0.2, -0.15) is 0 Å². The molecule has 0 aliphatic heterocycles. The zero-order valence-corrected chi connectivity index (χ0v) is 9.57. The average Bonchev–Trinajstić information content (AvgIpc) is 2.60. The van der Waals surface area contributed by atoms with Gasteiger partial charge in [0.05, 0.1) is 0 Å². The van der Waals surface area contributed by atoms with Crippen LogP contribution < -0.4 is 0 Å². The monoisotopic (exact) mass is 206 g/mol. The van der Waals surface area contributed by atoms with Crippen LogP contribution >= 0.6 is 0 Å². The van der Waals surface area contributed by atoms with Crippen LogP contribution in [0.15, 0.2) is 24.3 Å². The topological polar surface area (TPSA) is 18.5 Å². The number of hydrogen-bond acceptors (Lipinski definition) is 2. The van der Waals surface area contributed by atoms with E-state index in [-0.39, 0.29) is 11.2 Å². The lowest BCUT2D eigenvalue weighted by molar-refractivity contribution is -0.158. The Hall–Kier alpha value is -0.600. The SMILES string of the molecule is COC1(OC)[C@H]2[C@@H]3CC=C[C@@H]3C=C[C@]21C. The van der Waals surface area contributed by atoms with Gasteiger partial charge in [-0.15, -0.1) is 0 Å². The molecule has 4 atom stereocenters. The minimum absolute atomic E-state index is 0.0870. The Labute approximate surface area is 90.9 Å². The highest BCUT2D eigenvalue weighted by Crippen LogP contribution is 2.72. The van der Waals surface area contributed by atoms with Crippen LogP contribution in [0.1, 0.15) is 13.3 Å². The summed E-state index contributed by atoms with van der Waals surface area (Å²) in [6.07, 6.45) is 10.4. The molecule has 0 aromatic rings. The van der Waals surface area contributed by atoms with Gasteiger partial charge in [0.25, 0.3) is 0 Å². The summed E-state index contributed by atoms with van der Waals surface area (Å²) >= 11 is 0. The quantitative estimate of drug-likeness (QED) is 0.510. The van der Waals surface area contributed by atoms with Crippen molar-refractivity contribution in [2.45, 2.75) is 19.1 Å². The van der Waals surface area contributed by atoms with Crippen molar-refractivity contribution in [2.24, 2.45) is 23.2 Å². The van der Waals surface area contributed by atoms with Gasteiger partial charge in [0.2, 0.25) is 0 Å². The largest absolute Gasteiger partial charge is 0.352 e. The van der Waals surface area contributed by atoms with Crippen LogP contribution in [0.2, 0.25) is 0 Å². The van der Waals surface area contributed by atoms with Crippen molar-refractivity contribution in [3.05, 3.63) is 24.3 Å². The number of fused-ring (bicyclic) bond motifs is 3. The summed E-state index contributed by atoms with van der Waals surface area (Å²) in [4.78, 5) is 0. The fourth-order valence-corrected chi connectivity index (χ4v) is 3.90. The molecule has 0 N–H and O–H groups in total. The minimum Gasteiger partial charge on any atom is -0.352 e. The minimum atomic E-state index is -0.366. The standard InChI is InChI=1S/C13H18O2/c1-12-8-7-9-5-4-6-10(9)11(12)13(12,14-2)15-3/h4-5,7-11H,6H2,1-3H3/t9-,10-,11+,12-/m1/s1. The molecule has 0 aromatic heterocycles. The van der Waals surface area contributed by atoms with E-state index < -0.39 is 0 Å². The van der Waals surface area contributed by atoms with Crippen molar-refractivity contribution in [2.75, 3.05) is 14.2 Å². The second-order valence-corrected chi connectivity index (χ2v) is 5.10. The van der Waals surface area contributed by atoms with E-state index in [9.17, 15) is 0 Å². The van der Waals surface area contributed by atoms with Crippen LogP contribution in [0.3, 0.4) is 0 Å². The molecule has 3 aliphatic rings. The van der Waals surface area contributed by atoms with Crippen LogP contribution in [0.25, 0.3) is 0 Å². The Balaban J connectivity index is 1.99. The van der Waals surface area contributed by atoms with E-state index in [0.29, 0.717) is 17.8 Å². The first-order valence-electron chi connectivity index (χ1n) is 5.66. The molecule has 0 saturated heterocycles. The summed E-state index contributed by atoms with van der Waals surface area (Å²) in [6.45, 7) is 2.25. The van der Waals surface area contributed by atoms with Crippen molar-refractivity contribution in [3.63, 3.8) is 0 Å². The van der Waals surface area contributed by atoms with Crippen molar-refractivity contribution in [1.82, 2.24) is 0 Å². The average molecular weight is 206 g/mol. The van der Waals surface area contributed by atoms with Crippen molar-refractivity contribution in [1.29, 1.82) is 0 Å². The van der Waals surface area contributed by atoms with Gasteiger partial charge >= 0.3 is 0 Å². The third kappa shape index (κ3) is 0.883. The van der Waals surface area contributed by atoms with Gasteiger partial charge in [-0.1, -0.05) is 31.2 Å². The zero-order valence-electron chi connectivity index (χ0n) is 9.57. The summed E-state index contributed by atoms with van der Waals surface area (Å²) in [5.41, 5.74) is 0.0870. The Morgan fingerprint density at radius 2 is 1.93 bits per heavy atom. The molecule has 15 heavy (non-hydrogen) atoms. The highest BCUT2D eigenvalue weighted by atomic mass is 16.7. The molecular weight excluding hydrogens is 188 g/mol. The second-order valence-electron chi connectivity index (χ2n) is 5.10. The smallest absolute Gasteiger partial charge is 0.180 e. The van der Waals surface area contributed by atoms with Crippen molar-refractivity contribution < 1.29 is 9.47 Å². The molecule has 0 heterocycles. The molecule has 0 radical (unpaired) electrons. The van der Waals surface area contributed by atoms with E-state index in [1.165, 1.54) is 6.42 Å². The zero-order chi connectivity index (χ0) is 10.7. The molecule has 3 rings (SSSR count). The Kier molecular flexibility index (Phi) is 1.76. The summed E-state index contributed by atoms with van der Waals surface area (Å²) in [6, 6.07) is 0. The maximum atomic E-state index is 5.65. The van der Waals surface area contributed by atoms with E-state index >= 15 is 0 Å². The molecule has 2 nitrogen and oxygen atoms in total. The van der Waals surface area contributed by atoms with E-state index in [0.717, 1.165) is 0 Å². The molecule has 0 aromatic carbocycles. The molecule has 82 valence electrons. The number of ether oxygens (including phenoxy) is 2. The van der Waals surface area contributed by atoms with Crippen LogP contribution in [-0.2, 0) is 9.47 Å². The van der Waals surface area contributed by atoms with Gasteiger partial charge in [-0.25, -0.2) is 0 Å².